The third-order valence-corrected chi connectivity index (χ3v) is 8.59. The molecule has 4 nitrogen and oxygen atoms in total. The number of hydrogen-bond donors (Lipinski definition) is 0. The quantitative estimate of drug-likeness (QED) is 0.204. The topological polar surface area (TPSA) is 34.2 Å². The van der Waals surface area contributed by atoms with Gasteiger partial charge in [-0.3, -0.25) is 0 Å². The molecule has 7 aromatic carbocycles. The summed E-state index contributed by atoms with van der Waals surface area (Å²) >= 11 is 0. The van der Waals surface area contributed by atoms with E-state index in [0.717, 1.165) is 55.7 Å². The lowest BCUT2D eigenvalue weighted by atomic mass is 10.0. The Labute approximate surface area is 260 Å². The minimum absolute atomic E-state index is 0.618. The van der Waals surface area contributed by atoms with Crippen molar-refractivity contribution in [2.45, 2.75) is 0 Å². The number of benzene rings is 7. The van der Waals surface area contributed by atoms with Crippen molar-refractivity contribution in [3.05, 3.63) is 164 Å². The number of nitrogens with zero attached hydrogens (tertiary/aromatic N) is 3. The van der Waals surface area contributed by atoms with Crippen LogP contribution in [0.1, 0.15) is 0 Å². The van der Waals surface area contributed by atoms with Crippen molar-refractivity contribution < 1.29 is 4.42 Å². The van der Waals surface area contributed by atoms with E-state index in [4.69, 9.17) is 9.40 Å². The predicted octanol–water partition coefficient (Wildman–Crippen LogP) is 11.2. The van der Waals surface area contributed by atoms with Gasteiger partial charge < -0.3 is 13.9 Å². The van der Waals surface area contributed by atoms with Crippen LogP contribution in [0.4, 0.5) is 17.1 Å². The van der Waals surface area contributed by atoms with Crippen molar-refractivity contribution >= 4 is 60.7 Å². The van der Waals surface area contributed by atoms with Crippen LogP contribution in [0.15, 0.2) is 168 Å². The monoisotopic (exact) mass is 577 g/mol. The summed E-state index contributed by atoms with van der Waals surface area (Å²) in [6.45, 7) is 0. The molecule has 0 atom stereocenters. The average molecular weight is 578 g/mol. The second-order valence-corrected chi connectivity index (χ2v) is 11.2. The van der Waals surface area contributed by atoms with Crippen molar-refractivity contribution in [3.8, 4) is 17.1 Å². The molecule has 0 N–H and O–H groups in total. The summed E-state index contributed by atoms with van der Waals surface area (Å²) in [5.41, 5.74) is 9.19. The van der Waals surface area contributed by atoms with E-state index in [2.05, 4.69) is 143 Å². The number of aromatic nitrogens is 2. The number of oxazole rings is 1. The molecule has 0 bridgehead atoms. The Morgan fingerprint density at radius 2 is 1.11 bits per heavy atom. The van der Waals surface area contributed by atoms with Crippen LogP contribution in [0.5, 0.6) is 0 Å². The van der Waals surface area contributed by atoms with Crippen molar-refractivity contribution in [2.75, 3.05) is 4.90 Å². The van der Waals surface area contributed by atoms with Crippen LogP contribution in [0.2, 0.25) is 0 Å². The fourth-order valence-electron chi connectivity index (χ4n) is 6.58. The van der Waals surface area contributed by atoms with Gasteiger partial charge in [-0.15, -0.1) is 0 Å². The highest BCUT2D eigenvalue weighted by Gasteiger charge is 2.22. The maximum atomic E-state index is 6.47. The van der Waals surface area contributed by atoms with Gasteiger partial charge in [0.05, 0.1) is 16.7 Å². The molecule has 4 heteroatoms. The van der Waals surface area contributed by atoms with E-state index in [9.17, 15) is 0 Å². The molecule has 0 spiro atoms. The third-order valence-electron chi connectivity index (χ3n) is 8.59. The second kappa shape index (κ2) is 10.2. The van der Waals surface area contributed by atoms with Gasteiger partial charge in [-0.1, -0.05) is 103 Å². The molecule has 0 aliphatic rings. The number of hydrogen-bond acceptors (Lipinski definition) is 3. The average Bonchev–Trinajstić information content (AvgIpc) is 3.69. The summed E-state index contributed by atoms with van der Waals surface area (Å²) in [5, 5.41) is 4.60. The van der Waals surface area contributed by atoms with E-state index < -0.39 is 0 Å². The maximum Gasteiger partial charge on any atom is 0.227 e. The molecule has 0 unspecified atom stereocenters. The maximum absolute atomic E-state index is 6.47. The predicted molar refractivity (Wildman–Crippen MR) is 186 cm³/mol. The van der Waals surface area contributed by atoms with E-state index in [1.165, 1.54) is 16.3 Å². The Balaban J connectivity index is 1.33. The summed E-state index contributed by atoms with van der Waals surface area (Å²) in [5.74, 6) is 0.618. The summed E-state index contributed by atoms with van der Waals surface area (Å²) in [6.07, 6.45) is 0. The molecule has 0 saturated heterocycles. The molecule has 9 aromatic rings. The third kappa shape index (κ3) is 4.11. The lowest BCUT2D eigenvalue weighted by molar-refractivity contribution is 0.620. The first-order valence-corrected chi connectivity index (χ1v) is 15.1. The van der Waals surface area contributed by atoms with E-state index in [1.54, 1.807) is 0 Å². The van der Waals surface area contributed by atoms with Gasteiger partial charge in [0, 0.05) is 50.2 Å². The van der Waals surface area contributed by atoms with Crippen LogP contribution in [0.25, 0.3) is 60.8 Å². The van der Waals surface area contributed by atoms with Crippen molar-refractivity contribution in [2.24, 2.45) is 0 Å². The van der Waals surface area contributed by atoms with Crippen molar-refractivity contribution in [3.63, 3.8) is 0 Å². The Kier molecular flexibility index (Phi) is 5.78. The highest BCUT2D eigenvalue weighted by Crippen LogP contribution is 2.44. The lowest BCUT2D eigenvalue weighted by Crippen LogP contribution is -2.10. The standard InChI is InChI=1S/C41H27N3O/c1-4-14-28(15-5-1)41-42-40-35-22-11-10-21-33(35)38(27-39(40)45-41)43(29-16-6-2-7-17-29)31-24-25-34-32-20-12-13-23-36(32)44(37(34)26-31)30-18-8-3-9-19-30/h1-27H. The number of para-hydroxylation sites is 3. The molecular weight excluding hydrogens is 550 g/mol. The first-order chi connectivity index (χ1) is 22.3. The molecule has 45 heavy (non-hydrogen) atoms. The molecule has 0 aliphatic heterocycles. The Bertz CT molecular complexity index is 2480. The SMILES string of the molecule is c1ccc(-c2nc3c(cc(N(c4ccccc4)c4ccc5c6ccccc6n(-c6ccccc6)c5c4)c4ccccc43)o2)cc1. The minimum atomic E-state index is 0.618. The molecule has 0 fully saturated rings. The first kappa shape index (κ1) is 25.4. The summed E-state index contributed by atoms with van der Waals surface area (Å²) in [7, 11) is 0. The van der Waals surface area contributed by atoms with E-state index in [1.807, 2.05) is 30.3 Å². The van der Waals surface area contributed by atoms with Crippen LogP contribution >= 0.6 is 0 Å². The van der Waals surface area contributed by atoms with E-state index >= 15 is 0 Å². The summed E-state index contributed by atoms with van der Waals surface area (Å²) in [4.78, 5) is 7.31. The fraction of sp³-hybridized carbons (Fsp3) is 0. The molecule has 0 aliphatic carbocycles. The van der Waals surface area contributed by atoms with Gasteiger partial charge in [0.25, 0.3) is 0 Å². The summed E-state index contributed by atoms with van der Waals surface area (Å²) in [6, 6.07) is 57.3. The normalized spacial score (nSPS) is 11.6. The number of fused-ring (bicyclic) bond motifs is 6. The zero-order valence-corrected chi connectivity index (χ0v) is 24.3. The number of rotatable bonds is 5. The van der Waals surface area contributed by atoms with Crippen LogP contribution in [-0.4, -0.2) is 9.55 Å². The molecular formula is C41H27N3O. The van der Waals surface area contributed by atoms with Crippen molar-refractivity contribution in [1.29, 1.82) is 0 Å². The van der Waals surface area contributed by atoms with Gasteiger partial charge in [0.2, 0.25) is 5.89 Å². The second-order valence-electron chi connectivity index (χ2n) is 11.2. The smallest absolute Gasteiger partial charge is 0.227 e. The van der Waals surface area contributed by atoms with Crippen LogP contribution in [0.3, 0.4) is 0 Å². The Morgan fingerprint density at radius 3 is 1.89 bits per heavy atom. The highest BCUT2D eigenvalue weighted by atomic mass is 16.3. The zero-order chi connectivity index (χ0) is 29.7. The van der Waals surface area contributed by atoms with Gasteiger partial charge >= 0.3 is 0 Å². The Morgan fingerprint density at radius 1 is 0.489 bits per heavy atom. The molecule has 0 amide bonds. The largest absolute Gasteiger partial charge is 0.436 e. The van der Waals surface area contributed by atoms with E-state index in [0.29, 0.717) is 5.89 Å². The molecule has 9 rings (SSSR count). The van der Waals surface area contributed by atoms with Gasteiger partial charge in [-0.05, 0) is 54.6 Å². The first-order valence-electron chi connectivity index (χ1n) is 15.1. The zero-order valence-electron chi connectivity index (χ0n) is 24.3. The fourth-order valence-corrected chi connectivity index (χ4v) is 6.58. The van der Waals surface area contributed by atoms with Crippen LogP contribution in [0, 0.1) is 0 Å². The van der Waals surface area contributed by atoms with E-state index in [-0.39, 0.29) is 0 Å². The Hall–Kier alpha value is -6.13. The van der Waals surface area contributed by atoms with Gasteiger partial charge in [-0.25, -0.2) is 4.98 Å². The van der Waals surface area contributed by atoms with Gasteiger partial charge in [-0.2, -0.15) is 0 Å². The highest BCUT2D eigenvalue weighted by molar-refractivity contribution is 6.14. The molecule has 212 valence electrons. The van der Waals surface area contributed by atoms with Crippen LogP contribution < -0.4 is 4.90 Å². The number of anilines is 3. The molecule has 2 heterocycles. The molecule has 2 aromatic heterocycles. The molecule has 0 saturated carbocycles. The summed E-state index contributed by atoms with van der Waals surface area (Å²) < 4.78 is 8.83. The van der Waals surface area contributed by atoms with Crippen molar-refractivity contribution in [1.82, 2.24) is 9.55 Å². The van der Waals surface area contributed by atoms with Gasteiger partial charge in [0.1, 0.15) is 5.52 Å². The van der Waals surface area contributed by atoms with Crippen LogP contribution in [-0.2, 0) is 0 Å². The van der Waals surface area contributed by atoms with Gasteiger partial charge in [0.15, 0.2) is 5.58 Å². The lowest BCUT2D eigenvalue weighted by Gasteiger charge is -2.27. The molecule has 0 radical (unpaired) electrons. The minimum Gasteiger partial charge on any atom is -0.436 e.